The smallest absolute Gasteiger partial charge is 0.316 e. The predicted molar refractivity (Wildman–Crippen MR) is 76.0 cm³/mol. The lowest BCUT2D eigenvalue weighted by molar-refractivity contribution is -0.108. The van der Waals surface area contributed by atoms with E-state index >= 15 is 0 Å². The number of carbonyl (C=O) groups excluding carboxylic acids is 1. The number of halogens is 1. The lowest BCUT2D eigenvalue weighted by atomic mass is 10.2. The van der Waals surface area contributed by atoms with Gasteiger partial charge in [0.05, 0.1) is 12.2 Å². The SMILES string of the molecule is C[C@H]1C[C@@H](Oc2ncc3c(n2)CN(CC=O)C3)CN1.Cl. The van der Waals surface area contributed by atoms with Crippen LogP contribution in [0.25, 0.3) is 0 Å². The number of fused-ring (bicyclic) bond motifs is 1. The molecule has 7 heteroatoms. The molecule has 2 aliphatic rings. The summed E-state index contributed by atoms with van der Waals surface area (Å²) in [4.78, 5) is 21.3. The minimum absolute atomic E-state index is 0. The fourth-order valence-electron chi connectivity index (χ4n) is 2.63. The van der Waals surface area contributed by atoms with Crippen molar-refractivity contribution in [3.05, 3.63) is 17.5 Å². The van der Waals surface area contributed by atoms with Crippen molar-refractivity contribution in [2.45, 2.75) is 38.6 Å². The molecule has 3 rings (SSSR count). The molecule has 0 aliphatic carbocycles. The van der Waals surface area contributed by atoms with Crippen molar-refractivity contribution in [2.75, 3.05) is 13.1 Å². The van der Waals surface area contributed by atoms with Crippen LogP contribution in [0.5, 0.6) is 6.01 Å². The van der Waals surface area contributed by atoms with Crippen molar-refractivity contribution in [3.8, 4) is 6.01 Å². The first kappa shape index (κ1) is 15.2. The Morgan fingerprint density at radius 1 is 1.55 bits per heavy atom. The molecule has 0 bridgehead atoms. The Morgan fingerprint density at radius 3 is 3.10 bits per heavy atom. The molecule has 1 N–H and O–H groups in total. The second-order valence-electron chi connectivity index (χ2n) is 5.25. The van der Waals surface area contributed by atoms with Crippen molar-refractivity contribution >= 4 is 18.7 Å². The Labute approximate surface area is 124 Å². The average Bonchev–Trinajstić information content (AvgIpc) is 2.95. The third-order valence-corrected chi connectivity index (χ3v) is 3.61. The van der Waals surface area contributed by atoms with E-state index in [1.54, 1.807) is 0 Å². The zero-order valence-corrected chi connectivity index (χ0v) is 12.2. The van der Waals surface area contributed by atoms with Crippen LogP contribution in [0, 0.1) is 0 Å². The van der Waals surface area contributed by atoms with E-state index in [9.17, 15) is 4.79 Å². The van der Waals surface area contributed by atoms with E-state index in [-0.39, 0.29) is 18.5 Å². The Hall–Kier alpha value is -1.24. The number of nitrogens with zero attached hydrogens (tertiary/aromatic N) is 3. The van der Waals surface area contributed by atoms with Crippen molar-refractivity contribution in [1.29, 1.82) is 0 Å². The Bertz CT molecular complexity index is 485. The van der Waals surface area contributed by atoms with Crippen LogP contribution < -0.4 is 10.1 Å². The molecular weight excluding hydrogens is 280 g/mol. The lowest BCUT2D eigenvalue weighted by Gasteiger charge is -2.11. The van der Waals surface area contributed by atoms with Crippen LogP contribution in [0.3, 0.4) is 0 Å². The average molecular weight is 299 g/mol. The topological polar surface area (TPSA) is 67.4 Å². The van der Waals surface area contributed by atoms with Crippen LogP contribution in [0.15, 0.2) is 6.20 Å². The van der Waals surface area contributed by atoms with E-state index in [2.05, 4.69) is 22.2 Å². The number of aldehydes is 1. The molecule has 0 radical (unpaired) electrons. The van der Waals surface area contributed by atoms with Gasteiger partial charge in [-0.3, -0.25) is 4.90 Å². The second-order valence-corrected chi connectivity index (χ2v) is 5.25. The van der Waals surface area contributed by atoms with E-state index in [4.69, 9.17) is 4.74 Å². The summed E-state index contributed by atoms with van der Waals surface area (Å²) >= 11 is 0. The van der Waals surface area contributed by atoms with Gasteiger partial charge >= 0.3 is 6.01 Å². The quantitative estimate of drug-likeness (QED) is 0.819. The number of hydrogen-bond acceptors (Lipinski definition) is 6. The van der Waals surface area contributed by atoms with Crippen LogP contribution in [0.2, 0.25) is 0 Å². The van der Waals surface area contributed by atoms with Gasteiger partial charge in [0.2, 0.25) is 0 Å². The highest BCUT2D eigenvalue weighted by Crippen LogP contribution is 2.22. The fourth-order valence-corrected chi connectivity index (χ4v) is 2.63. The highest BCUT2D eigenvalue weighted by molar-refractivity contribution is 5.85. The summed E-state index contributed by atoms with van der Waals surface area (Å²) in [5, 5.41) is 3.34. The predicted octanol–water partition coefficient (Wildman–Crippen LogP) is 0.542. The van der Waals surface area contributed by atoms with Crippen molar-refractivity contribution in [2.24, 2.45) is 0 Å². The minimum Gasteiger partial charge on any atom is -0.459 e. The van der Waals surface area contributed by atoms with Crippen LogP contribution in [-0.2, 0) is 17.9 Å². The monoisotopic (exact) mass is 298 g/mol. The molecule has 1 aromatic rings. The van der Waals surface area contributed by atoms with Gasteiger partial charge in [-0.2, -0.15) is 4.98 Å². The van der Waals surface area contributed by atoms with Gasteiger partial charge in [0, 0.05) is 43.9 Å². The summed E-state index contributed by atoms with van der Waals surface area (Å²) in [7, 11) is 0. The van der Waals surface area contributed by atoms with E-state index in [1.165, 1.54) is 0 Å². The molecule has 6 nitrogen and oxygen atoms in total. The maximum Gasteiger partial charge on any atom is 0.316 e. The molecule has 2 atom stereocenters. The molecule has 2 aliphatic heterocycles. The molecule has 110 valence electrons. The first-order valence-corrected chi connectivity index (χ1v) is 6.65. The molecule has 20 heavy (non-hydrogen) atoms. The van der Waals surface area contributed by atoms with Crippen molar-refractivity contribution in [3.63, 3.8) is 0 Å². The van der Waals surface area contributed by atoms with Crippen molar-refractivity contribution in [1.82, 2.24) is 20.2 Å². The number of ether oxygens (including phenoxy) is 1. The van der Waals surface area contributed by atoms with Gasteiger partial charge in [-0.25, -0.2) is 4.98 Å². The summed E-state index contributed by atoms with van der Waals surface area (Å²) in [5.74, 6) is 0. The summed E-state index contributed by atoms with van der Waals surface area (Å²) in [6.07, 6.45) is 3.87. The summed E-state index contributed by atoms with van der Waals surface area (Å²) in [6, 6.07) is 0.940. The minimum atomic E-state index is 0. The highest BCUT2D eigenvalue weighted by Gasteiger charge is 2.25. The molecular formula is C13H19ClN4O2. The van der Waals surface area contributed by atoms with Crippen LogP contribution in [-0.4, -0.2) is 46.4 Å². The molecule has 0 unspecified atom stereocenters. The highest BCUT2D eigenvalue weighted by atomic mass is 35.5. The standard InChI is InChI=1S/C13H18N4O2.ClH/c1-9-4-11(6-14-9)19-13-15-5-10-7-17(2-3-18)8-12(10)16-13;/h3,5,9,11,14H,2,4,6-8H2,1H3;1H/t9-,11+;/m0./s1. The van der Waals surface area contributed by atoms with Crippen LogP contribution in [0.1, 0.15) is 24.6 Å². The van der Waals surface area contributed by atoms with Gasteiger partial charge < -0.3 is 14.8 Å². The summed E-state index contributed by atoms with van der Waals surface area (Å²) in [6.45, 7) is 4.88. The number of carbonyl (C=O) groups is 1. The third kappa shape index (κ3) is 3.26. The summed E-state index contributed by atoms with van der Waals surface area (Å²) < 4.78 is 5.79. The van der Waals surface area contributed by atoms with E-state index in [1.807, 2.05) is 11.1 Å². The number of nitrogens with one attached hydrogen (secondary N) is 1. The van der Waals surface area contributed by atoms with Crippen molar-refractivity contribution < 1.29 is 9.53 Å². The molecule has 1 aromatic heterocycles. The first-order chi connectivity index (χ1) is 9.24. The maximum atomic E-state index is 10.5. The van der Waals surface area contributed by atoms with Gasteiger partial charge in [0.25, 0.3) is 0 Å². The second kappa shape index (κ2) is 6.47. The van der Waals surface area contributed by atoms with Gasteiger partial charge in [-0.1, -0.05) is 0 Å². The first-order valence-electron chi connectivity index (χ1n) is 6.65. The fraction of sp³-hybridized carbons (Fsp3) is 0.615. The lowest BCUT2D eigenvalue weighted by Crippen LogP contribution is -2.21. The normalized spacial score (nSPS) is 25.1. The van der Waals surface area contributed by atoms with E-state index in [0.717, 1.165) is 37.1 Å². The zero-order chi connectivity index (χ0) is 13.2. The molecule has 0 spiro atoms. The largest absolute Gasteiger partial charge is 0.459 e. The number of hydrogen-bond donors (Lipinski definition) is 1. The van der Waals surface area contributed by atoms with Gasteiger partial charge in [-0.05, 0) is 6.92 Å². The van der Waals surface area contributed by atoms with Crippen LogP contribution in [0.4, 0.5) is 0 Å². The Balaban J connectivity index is 0.00000147. The number of rotatable bonds is 4. The molecule has 3 heterocycles. The maximum absolute atomic E-state index is 10.5. The van der Waals surface area contributed by atoms with Gasteiger partial charge in [0.1, 0.15) is 12.4 Å². The van der Waals surface area contributed by atoms with E-state index < -0.39 is 0 Å². The molecule has 0 aromatic carbocycles. The zero-order valence-electron chi connectivity index (χ0n) is 11.4. The third-order valence-electron chi connectivity index (χ3n) is 3.61. The Kier molecular flexibility index (Phi) is 4.91. The van der Waals surface area contributed by atoms with Gasteiger partial charge in [0.15, 0.2) is 0 Å². The molecule has 1 saturated heterocycles. The van der Waals surface area contributed by atoms with Crippen LogP contribution >= 0.6 is 12.4 Å². The molecule has 0 saturated carbocycles. The Morgan fingerprint density at radius 2 is 2.40 bits per heavy atom. The summed E-state index contributed by atoms with van der Waals surface area (Å²) in [5.41, 5.74) is 2.07. The van der Waals surface area contributed by atoms with E-state index in [0.29, 0.717) is 25.1 Å². The molecule has 1 fully saturated rings. The molecule has 0 amide bonds. The number of aromatic nitrogens is 2. The van der Waals surface area contributed by atoms with Gasteiger partial charge in [-0.15, -0.1) is 12.4 Å².